The van der Waals surface area contributed by atoms with Gasteiger partial charge in [-0.05, 0) is 31.6 Å². The molecule has 0 aromatic rings. The standard InChI is InChI=1S/C8H13FO3S/c9-13(10,11)6-8-3-1-7(2-4-8)5-12-8/h7H,1-6H2. The van der Waals surface area contributed by atoms with Gasteiger partial charge in [0.15, 0.2) is 0 Å². The molecule has 2 saturated heterocycles. The Bertz CT molecular complexity index is 277. The van der Waals surface area contributed by atoms with E-state index in [0.717, 1.165) is 12.8 Å². The van der Waals surface area contributed by atoms with Crippen LogP contribution in [-0.2, 0) is 15.0 Å². The molecular weight excluding hydrogens is 195 g/mol. The van der Waals surface area contributed by atoms with Gasteiger partial charge < -0.3 is 4.74 Å². The van der Waals surface area contributed by atoms with Crippen LogP contribution < -0.4 is 0 Å². The third-order valence-electron chi connectivity index (χ3n) is 3.08. The second-order valence-electron chi connectivity index (χ2n) is 4.12. The van der Waals surface area contributed by atoms with Crippen molar-refractivity contribution in [2.45, 2.75) is 31.3 Å². The van der Waals surface area contributed by atoms with Gasteiger partial charge >= 0.3 is 10.2 Å². The quantitative estimate of drug-likeness (QED) is 0.641. The normalized spacial score (nSPS) is 39.3. The molecule has 13 heavy (non-hydrogen) atoms. The van der Waals surface area contributed by atoms with Crippen LogP contribution in [0, 0.1) is 5.92 Å². The van der Waals surface area contributed by atoms with Crippen LogP contribution in [0.15, 0.2) is 0 Å². The van der Waals surface area contributed by atoms with Crippen LogP contribution in [0.4, 0.5) is 3.89 Å². The van der Waals surface area contributed by atoms with E-state index in [1.165, 1.54) is 0 Å². The first kappa shape index (κ1) is 9.40. The lowest BCUT2D eigenvalue weighted by Crippen LogP contribution is -2.48. The summed E-state index contributed by atoms with van der Waals surface area (Å²) in [6.45, 7) is 0.607. The fraction of sp³-hybridized carbons (Fsp3) is 1.00. The van der Waals surface area contributed by atoms with Crippen molar-refractivity contribution >= 4 is 10.2 Å². The maximum absolute atomic E-state index is 12.5. The average molecular weight is 208 g/mol. The van der Waals surface area contributed by atoms with Crippen molar-refractivity contribution in [3.8, 4) is 0 Å². The van der Waals surface area contributed by atoms with Crippen LogP contribution in [-0.4, -0.2) is 26.4 Å². The van der Waals surface area contributed by atoms with E-state index in [2.05, 4.69) is 0 Å². The molecule has 0 aromatic heterocycles. The number of fused-ring (bicyclic) bond motifs is 3. The molecular formula is C8H13FO3S. The number of ether oxygens (including phenoxy) is 1. The van der Waals surface area contributed by atoms with Gasteiger partial charge in [-0.2, -0.15) is 8.42 Å². The summed E-state index contributed by atoms with van der Waals surface area (Å²) < 4.78 is 39.0. The third-order valence-corrected chi connectivity index (χ3v) is 3.95. The van der Waals surface area contributed by atoms with Gasteiger partial charge in [-0.3, -0.25) is 0 Å². The smallest absolute Gasteiger partial charge is 0.305 e. The molecule has 3 rings (SSSR count). The number of hydrogen-bond donors (Lipinski definition) is 0. The highest BCUT2D eigenvalue weighted by Crippen LogP contribution is 2.41. The van der Waals surface area contributed by atoms with E-state index in [1.54, 1.807) is 0 Å². The molecule has 0 atom stereocenters. The Kier molecular flexibility index (Phi) is 2.11. The zero-order valence-electron chi connectivity index (χ0n) is 7.33. The molecule has 1 saturated carbocycles. The Morgan fingerprint density at radius 3 is 2.38 bits per heavy atom. The van der Waals surface area contributed by atoms with Crippen molar-refractivity contribution in [2.75, 3.05) is 12.4 Å². The second-order valence-corrected chi connectivity index (χ2v) is 5.49. The van der Waals surface area contributed by atoms with Gasteiger partial charge in [-0.25, -0.2) is 0 Å². The summed E-state index contributed by atoms with van der Waals surface area (Å²) in [6.07, 6.45) is 3.35. The van der Waals surface area contributed by atoms with Gasteiger partial charge in [0.1, 0.15) is 5.75 Å². The molecule has 2 aliphatic heterocycles. The molecule has 0 amide bonds. The van der Waals surface area contributed by atoms with Crippen LogP contribution in [0.25, 0.3) is 0 Å². The predicted molar refractivity (Wildman–Crippen MR) is 45.5 cm³/mol. The first-order valence-corrected chi connectivity index (χ1v) is 6.11. The van der Waals surface area contributed by atoms with Crippen LogP contribution >= 0.6 is 0 Å². The number of hydrogen-bond acceptors (Lipinski definition) is 3. The minimum Gasteiger partial charge on any atom is -0.374 e. The molecule has 3 nitrogen and oxygen atoms in total. The van der Waals surface area contributed by atoms with Gasteiger partial charge in [0.2, 0.25) is 0 Å². The Morgan fingerprint density at radius 1 is 1.38 bits per heavy atom. The molecule has 1 aliphatic carbocycles. The number of rotatable bonds is 2. The van der Waals surface area contributed by atoms with E-state index in [9.17, 15) is 12.3 Å². The van der Waals surface area contributed by atoms with Crippen LogP contribution in [0.3, 0.4) is 0 Å². The highest BCUT2D eigenvalue weighted by atomic mass is 32.3. The van der Waals surface area contributed by atoms with Crippen molar-refractivity contribution in [3.63, 3.8) is 0 Å². The Balaban J connectivity index is 2.11. The minimum absolute atomic E-state index is 0.452. The molecule has 0 radical (unpaired) electrons. The Hall–Kier alpha value is -0.160. The summed E-state index contributed by atoms with van der Waals surface area (Å²) >= 11 is 0. The number of halogens is 1. The Labute approximate surface area is 77.5 Å². The topological polar surface area (TPSA) is 43.4 Å². The molecule has 0 N–H and O–H groups in total. The van der Waals surface area contributed by atoms with Gasteiger partial charge in [0.25, 0.3) is 0 Å². The van der Waals surface area contributed by atoms with Gasteiger partial charge in [-0.1, -0.05) is 0 Å². The van der Waals surface area contributed by atoms with Crippen LogP contribution in [0.5, 0.6) is 0 Å². The monoisotopic (exact) mass is 208 g/mol. The van der Waals surface area contributed by atoms with E-state index in [0.29, 0.717) is 25.4 Å². The fourth-order valence-corrected chi connectivity index (χ4v) is 3.31. The molecule has 2 heterocycles. The van der Waals surface area contributed by atoms with Gasteiger partial charge in [0.05, 0.1) is 12.2 Å². The first-order chi connectivity index (χ1) is 5.99. The molecule has 76 valence electrons. The molecule has 0 aromatic carbocycles. The van der Waals surface area contributed by atoms with Crippen molar-refractivity contribution in [2.24, 2.45) is 5.92 Å². The molecule has 5 heteroatoms. The van der Waals surface area contributed by atoms with Crippen LogP contribution in [0.1, 0.15) is 25.7 Å². The molecule has 0 unspecified atom stereocenters. The van der Waals surface area contributed by atoms with Crippen molar-refractivity contribution < 1.29 is 17.0 Å². The zero-order valence-corrected chi connectivity index (χ0v) is 8.15. The lowest BCUT2D eigenvalue weighted by atomic mass is 9.77. The Morgan fingerprint density at radius 2 is 2.00 bits per heavy atom. The molecule has 0 spiro atoms. The van der Waals surface area contributed by atoms with Crippen molar-refractivity contribution in [1.29, 1.82) is 0 Å². The molecule has 3 fully saturated rings. The van der Waals surface area contributed by atoms with E-state index < -0.39 is 21.6 Å². The largest absolute Gasteiger partial charge is 0.374 e. The maximum atomic E-state index is 12.5. The van der Waals surface area contributed by atoms with Crippen molar-refractivity contribution in [3.05, 3.63) is 0 Å². The summed E-state index contributed by atoms with van der Waals surface area (Å²) in [5, 5.41) is 0. The SMILES string of the molecule is O=S(=O)(F)CC12CCC(CC1)CO2. The molecule has 3 aliphatic rings. The maximum Gasteiger partial charge on any atom is 0.305 e. The molecule has 2 bridgehead atoms. The zero-order chi connectivity index (χ0) is 9.53. The third kappa shape index (κ3) is 2.02. The van der Waals surface area contributed by atoms with Gasteiger partial charge in [0, 0.05) is 0 Å². The summed E-state index contributed by atoms with van der Waals surface area (Å²) in [4.78, 5) is 0. The fourth-order valence-electron chi connectivity index (χ4n) is 2.31. The highest BCUT2D eigenvalue weighted by molar-refractivity contribution is 7.86. The minimum atomic E-state index is -4.39. The lowest BCUT2D eigenvalue weighted by Gasteiger charge is -2.45. The summed E-state index contributed by atoms with van der Waals surface area (Å²) in [6, 6.07) is 0. The summed E-state index contributed by atoms with van der Waals surface area (Å²) in [5.41, 5.74) is -0.692. The van der Waals surface area contributed by atoms with Crippen LogP contribution in [0.2, 0.25) is 0 Å². The summed E-state index contributed by atoms with van der Waals surface area (Å²) in [5.74, 6) is 0.122. The van der Waals surface area contributed by atoms with E-state index in [1.807, 2.05) is 0 Å². The van der Waals surface area contributed by atoms with E-state index in [-0.39, 0.29) is 0 Å². The first-order valence-electron chi connectivity index (χ1n) is 4.55. The highest BCUT2D eigenvalue weighted by Gasteiger charge is 2.44. The average Bonchev–Trinajstić information content (AvgIpc) is 2.03. The van der Waals surface area contributed by atoms with E-state index >= 15 is 0 Å². The predicted octanol–water partition coefficient (Wildman–Crippen LogP) is 1.24. The second kappa shape index (κ2) is 2.92. The van der Waals surface area contributed by atoms with Crippen molar-refractivity contribution in [1.82, 2.24) is 0 Å². The van der Waals surface area contributed by atoms with Gasteiger partial charge in [-0.15, -0.1) is 3.89 Å². The summed E-state index contributed by atoms with van der Waals surface area (Å²) in [7, 11) is -4.39. The van der Waals surface area contributed by atoms with E-state index in [4.69, 9.17) is 4.74 Å². The lowest BCUT2D eigenvalue weighted by molar-refractivity contribution is -0.130.